The molecule has 1 radical (unpaired) electrons. The lowest BCUT2D eigenvalue weighted by Crippen LogP contribution is -1.99. The van der Waals surface area contributed by atoms with Gasteiger partial charge in [0.1, 0.15) is 0 Å². The summed E-state index contributed by atoms with van der Waals surface area (Å²) < 4.78 is 23.1. The van der Waals surface area contributed by atoms with Gasteiger partial charge in [0.15, 0.2) is 15.7 Å². The summed E-state index contributed by atoms with van der Waals surface area (Å²) in [4.78, 5) is 8.87. The van der Waals surface area contributed by atoms with Crippen LogP contribution in [0.4, 0.5) is 0 Å². The number of hydrogen-bond acceptors (Lipinski definition) is 4. The monoisotopic (exact) mass is 275 g/mol. The van der Waals surface area contributed by atoms with Crippen LogP contribution in [0.15, 0.2) is 41.4 Å². The summed E-state index contributed by atoms with van der Waals surface area (Å²) in [5.41, 5.74) is 1.61. The standard InChI is InChI=1S/C14H15N2O2S/c1-3-5-12-8-9-15-14(16-12)11-6-4-7-13(10-11)19(2,17)18/h4,6-10H,1,3,5H2,2H3. The average Bonchev–Trinajstić information content (AvgIpc) is 2.39. The topological polar surface area (TPSA) is 59.9 Å². The molecule has 0 spiro atoms. The molecule has 0 N–H and O–H groups in total. The average molecular weight is 275 g/mol. The maximum Gasteiger partial charge on any atom is 0.175 e. The van der Waals surface area contributed by atoms with Crippen molar-refractivity contribution in [3.05, 3.63) is 49.1 Å². The highest BCUT2D eigenvalue weighted by molar-refractivity contribution is 7.90. The summed E-state index contributed by atoms with van der Waals surface area (Å²) in [6.45, 7) is 3.79. The quantitative estimate of drug-likeness (QED) is 0.859. The Balaban J connectivity index is 2.44. The molecule has 19 heavy (non-hydrogen) atoms. The Labute approximate surface area is 113 Å². The van der Waals surface area contributed by atoms with E-state index < -0.39 is 9.84 Å². The molecule has 0 aliphatic rings. The zero-order valence-electron chi connectivity index (χ0n) is 10.7. The van der Waals surface area contributed by atoms with Crippen LogP contribution in [0.3, 0.4) is 0 Å². The van der Waals surface area contributed by atoms with Gasteiger partial charge < -0.3 is 0 Å². The molecule has 1 heterocycles. The van der Waals surface area contributed by atoms with Gasteiger partial charge in [0.25, 0.3) is 0 Å². The van der Waals surface area contributed by atoms with Crippen LogP contribution in [0.2, 0.25) is 0 Å². The molecule has 0 amide bonds. The van der Waals surface area contributed by atoms with Gasteiger partial charge in [0, 0.05) is 23.7 Å². The van der Waals surface area contributed by atoms with E-state index in [1.165, 1.54) is 6.26 Å². The van der Waals surface area contributed by atoms with Crippen LogP contribution in [-0.4, -0.2) is 24.6 Å². The van der Waals surface area contributed by atoms with Crippen molar-refractivity contribution in [1.29, 1.82) is 0 Å². The van der Waals surface area contributed by atoms with E-state index >= 15 is 0 Å². The lowest BCUT2D eigenvalue weighted by atomic mass is 10.2. The van der Waals surface area contributed by atoms with Crippen LogP contribution in [-0.2, 0) is 16.3 Å². The fraction of sp³-hybridized carbons (Fsp3) is 0.214. The zero-order chi connectivity index (χ0) is 13.9. The number of rotatable bonds is 4. The van der Waals surface area contributed by atoms with E-state index in [1.54, 1.807) is 30.5 Å². The minimum atomic E-state index is -3.22. The molecule has 5 heteroatoms. The van der Waals surface area contributed by atoms with Crippen molar-refractivity contribution in [2.75, 3.05) is 6.26 Å². The Hall–Kier alpha value is -1.75. The van der Waals surface area contributed by atoms with Gasteiger partial charge >= 0.3 is 0 Å². The Morgan fingerprint density at radius 3 is 2.74 bits per heavy atom. The molecule has 1 aromatic carbocycles. The molecule has 0 aliphatic carbocycles. The lowest BCUT2D eigenvalue weighted by Gasteiger charge is -2.04. The number of aromatic nitrogens is 2. The molecule has 1 aromatic heterocycles. The molecule has 0 saturated carbocycles. The first kappa shape index (κ1) is 13.7. The molecular formula is C14H15N2O2S. The van der Waals surface area contributed by atoms with E-state index in [0.717, 1.165) is 18.5 Å². The third kappa shape index (κ3) is 3.38. The molecule has 0 fully saturated rings. The van der Waals surface area contributed by atoms with E-state index in [1.807, 2.05) is 6.07 Å². The van der Waals surface area contributed by atoms with Crippen molar-refractivity contribution < 1.29 is 8.42 Å². The Morgan fingerprint density at radius 1 is 1.26 bits per heavy atom. The second-order valence-electron chi connectivity index (χ2n) is 4.28. The van der Waals surface area contributed by atoms with Crippen LogP contribution in [0.5, 0.6) is 0 Å². The van der Waals surface area contributed by atoms with Crippen LogP contribution in [0, 0.1) is 6.92 Å². The summed E-state index contributed by atoms with van der Waals surface area (Å²) in [6, 6.07) is 8.51. The molecule has 0 saturated heterocycles. The number of nitrogens with zero attached hydrogens (tertiary/aromatic N) is 2. The summed E-state index contributed by atoms with van der Waals surface area (Å²) in [5.74, 6) is 0.538. The van der Waals surface area contributed by atoms with Crippen molar-refractivity contribution in [1.82, 2.24) is 9.97 Å². The van der Waals surface area contributed by atoms with E-state index in [0.29, 0.717) is 11.4 Å². The van der Waals surface area contributed by atoms with E-state index in [-0.39, 0.29) is 4.90 Å². The van der Waals surface area contributed by atoms with E-state index in [9.17, 15) is 8.42 Å². The first-order chi connectivity index (χ1) is 9.00. The number of aryl methyl sites for hydroxylation is 1. The number of hydrogen-bond donors (Lipinski definition) is 0. The molecule has 0 atom stereocenters. The van der Waals surface area contributed by atoms with Crippen molar-refractivity contribution in [3.63, 3.8) is 0 Å². The predicted octanol–water partition coefficient (Wildman–Crippen LogP) is 2.31. The summed E-state index contributed by atoms with van der Waals surface area (Å²) in [6.07, 6.45) is 4.41. The van der Waals surface area contributed by atoms with E-state index in [4.69, 9.17) is 0 Å². The Kier molecular flexibility index (Phi) is 3.95. The lowest BCUT2D eigenvalue weighted by molar-refractivity contribution is 0.602. The molecule has 4 nitrogen and oxygen atoms in total. The predicted molar refractivity (Wildman–Crippen MR) is 74.3 cm³/mol. The first-order valence-corrected chi connectivity index (χ1v) is 7.81. The van der Waals surface area contributed by atoms with Crippen LogP contribution in [0.25, 0.3) is 11.4 Å². The highest BCUT2D eigenvalue weighted by Crippen LogP contribution is 2.19. The normalized spacial score (nSPS) is 11.5. The van der Waals surface area contributed by atoms with Crippen molar-refractivity contribution in [2.24, 2.45) is 0 Å². The molecule has 0 bridgehead atoms. The molecule has 2 aromatic rings. The van der Waals surface area contributed by atoms with Gasteiger partial charge in [-0.2, -0.15) is 0 Å². The first-order valence-electron chi connectivity index (χ1n) is 5.92. The van der Waals surface area contributed by atoms with Crippen LogP contribution < -0.4 is 0 Å². The molecule has 99 valence electrons. The minimum absolute atomic E-state index is 0.274. The van der Waals surface area contributed by atoms with Gasteiger partial charge in [-0.05, 0) is 31.0 Å². The van der Waals surface area contributed by atoms with Gasteiger partial charge in [0.05, 0.1) is 4.90 Å². The smallest absolute Gasteiger partial charge is 0.175 e. The molecule has 2 rings (SSSR count). The van der Waals surface area contributed by atoms with Crippen molar-refractivity contribution in [3.8, 4) is 11.4 Å². The van der Waals surface area contributed by atoms with Gasteiger partial charge in [-0.1, -0.05) is 19.1 Å². The largest absolute Gasteiger partial charge is 0.237 e. The summed E-state index contributed by atoms with van der Waals surface area (Å²) in [5, 5.41) is 0. The van der Waals surface area contributed by atoms with Crippen LogP contribution in [0.1, 0.15) is 12.1 Å². The second kappa shape index (κ2) is 5.48. The number of benzene rings is 1. The summed E-state index contributed by atoms with van der Waals surface area (Å²) in [7, 11) is -3.22. The molecule has 0 aliphatic heterocycles. The van der Waals surface area contributed by atoms with Gasteiger partial charge in [0.2, 0.25) is 0 Å². The minimum Gasteiger partial charge on any atom is -0.237 e. The molecule has 0 unspecified atom stereocenters. The molecular weight excluding hydrogens is 260 g/mol. The Bertz CT molecular complexity index is 681. The van der Waals surface area contributed by atoms with E-state index in [2.05, 4.69) is 16.9 Å². The summed E-state index contributed by atoms with van der Waals surface area (Å²) >= 11 is 0. The van der Waals surface area contributed by atoms with Gasteiger partial charge in [-0.15, -0.1) is 0 Å². The SMILES string of the molecule is [CH2]CCc1ccnc(-c2cccc(S(C)(=O)=O)c2)n1. The third-order valence-electron chi connectivity index (χ3n) is 2.67. The zero-order valence-corrected chi connectivity index (χ0v) is 11.5. The van der Waals surface area contributed by atoms with Gasteiger partial charge in [-0.3, -0.25) is 0 Å². The highest BCUT2D eigenvalue weighted by Gasteiger charge is 2.09. The fourth-order valence-electron chi connectivity index (χ4n) is 1.72. The number of sulfone groups is 1. The van der Waals surface area contributed by atoms with Crippen molar-refractivity contribution >= 4 is 9.84 Å². The second-order valence-corrected chi connectivity index (χ2v) is 6.29. The highest BCUT2D eigenvalue weighted by atomic mass is 32.2. The van der Waals surface area contributed by atoms with Crippen LogP contribution >= 0.6 is 0 Å². The van der Waals surface area contributed by atoms with Crippen molar-refractivity contribution in [2.45, 2.75) is 17.7 Å². The fourth-order valence-corrected chi connectivity index (χ4v) is 2.39. The third-order valence-corrected chi connectivity index (χ3v) is 3.78. The van der Waals surface area contributed by atoms with Gasteiger partial charge in [-0.25, -0.2) is 18.4 Å². The Morgan fingerprint density at radius 2 is 2.05 bits per heavy atom. The maximum atomic E-state index is 11.5. The maximum absolute atomic E-state index is 11.5.